The maximum atomic E-state index is 13.6. The van der Waals surface area contributed by atoms with Gasteiger partial charge in [-0.05, 0) is 52.6 Å². The minimum Gasteiger partial charge on any atom is -0.455 e. The molecule has 3 unspecified atom stereocenters. The van der Waals surface area contributed by atoms with Gasteiger partial charge in [0, 0.05) is 12.2 Å². The van der Waals surface area contributed by atoms with Crippen LogP contribution in [0.5, 0.6) is 0 Å². The van der Waals surface area contributed by atoms with E-state index in [1.165, 1.54) is 0 Å². The molecule has 0 N–H and O–H groups in total. The lowest BCUT2D eigenvalue weighted by atomic mass is 10.1. The summed E-state index contributed by atoms with van der Waals surface area (Å²) in [6, 6.07) is 0. The molecule has 3 atom stereocenters. The fourth-order valence-corrected chi connectivity index (χ4v) is 10.6. The summed E-state index contributed by atoms with van der Waals surface area (Å²) in [5, 5.41) is -1.25. The van der Waals surface area contributed by atoms with Crippen molar-refractivity contribution in [2.75, 3.05) is 0 Å². The molecule has 0 heterocycles. The number of ether oxygens (including phenoxy) is 2. The first-order valence-corrected chi connectivity index (χ1v) is 19.0. The van der Waals surface area contributed by atoms with E-state index in [1.807, 2.05) is 39.3 Å². The van der Waals surface area contributed by atoms with Crippen LogP contribution in [0.1, 0.15) is 20.3 Å². The van der Waals surface area contributed by atoms with Gasteiger partial charge >= 0.3 is 39.4 Å². The first kappa shape index (κ1) is 34.7. The number of hydrogen-bond donors (Lipinski definition) is 0. The van der Waals surface area contributed by atoms with Crippen molar-refractivity contribution in [3.05, 3.63) is 12.2 Å². The lowest BCUT2D eigenvalue weighted by molar-refractivity contribution is -0.312. The zero-order valence-corrected chi connectivity index (χ0v) is 24.3. The third-order valence-corrected chi connectivity index (χ3v) is 13.2. The zero-order valence-electron chi connectivity index (χ0n) is 21.1. The molecule has 0 aliphatic carbocycles. The minimum atomic E-state index is -6.20. The van der Waals surface area contributed by atoms with E-state index >= 15 is 0 Å². The van der Waals surface area contributed by atoms with Gasteiger partial charge in [-0.2, -0.15) is 22.0 Å². The Labute approximate surface area is 208 Å². The second-order valence-corrected chi connectivity index (χ2v) is 22.2. The number of carbonyl (C=O) groups excluding carboxylic acids is 2. The van der Waals surface area contributed by atoms with Crippen molar-refractivity contribution in [2.24, 2.45) is 0 Å². The average molecular weight is 593 g/mol. The largest absolute Gasteiger partial charge is 0.455 e. The summed E-state index contributed by atoms with van der Waals surface area (Å²) in [7, 11) is -7.06. The number of alkyl halides is 8. The Morgan fingerprint density at radius 3 is 1.61 bits per heavy atom. The predicted octanol–water partition coefficient (Wildman–Crippen LogP) is 5.43. The summed E-state index contributed by atoms with van der Waals surface area (Å²) in [6.45, 7) is 14.6. The van der Waals surface area contributed by atoms with Crippen molar-refractivity contribution < 1.29 is 62.4 Å². The van der Waals surface area contributed by atoms with Crippen molar-refractivity contribution in [3.63, 3.8) is 0 Å². The molecule has 17 heteroatoms. The van der Waals surface area contributed by atoms with Gasteiger partial charge in [-0.3, -0.25) is 0 Å². The molecule has 0 saturated heterocycles. The highest BCUT2D eigenvalue weighted by atomic mass is 28.4. The monoisotopic (exact) mass is 592 g/mol. The van der Waals surface area contributed by atoms with Gasteiger partial charge in [0.05, 0.1) is 0 Å². The molecule has 212 valence electrons. The Morgan fingerprint density at radius 1 is 0.833 bits per heavy atom. The Kier molecular flexibility index (Phi) is 12.0. The summed E-state index contributed by atoms with van der Waals surface area (Å²) >= 11 is 0. The van der Waals surface area contributed by atoms with E-state index < -0.39 is 73.9 Å². The standard InChI is InChI=1S/C19H32F8O6Si3/c1-9-17(2,34(32-35(3,4)5)33-36(6,7)8)31-13(29)11-10-12(28)30-16(23)19(26,27)18(24,25)14(20)15(21)22/h10-11,14-16,34H,9H2,1-8H3. The highest BCUT2D eigenvalue weighted by molar-refractivity contribution is 6.81. The van der Waals surface area contributed by atoms with E-state index in [2.05, 4.69) is 4.74 Å². The van der Waals surface area contributed by atoms with Gasteiger partial charge < -0.3 is 17.7 Å². The van der Waals surface area contributed by atoms with Gasteiger partial charge in [0.15, 0.2) is 16.6 Å². The number of halogens is 8. The van der Waals surface area contributed by atoms with Crippen LogP contribution >= 0.6 is 0 Å². The van der Waals surface area contributed by atoms with Crippen LogP contribution in [0.2, 0.25) is 39.3 Å². The quantitative estimate of drug-likeness (QED) is 0.116. The molecule has 6 nitrogen and oxygen atoms in total. The van der Waals surface area contributed by atoms with Crippen molar-refractivity contribution in [1.29, 1.82) is 0 Å². The molecule has 0 aromatic heterocycles. The normalized spacial score (nSPS) is 17.3. The molecule has 0 aliphatic heterocycles. The number of rotatable bonds is 14. The number of hydrogen-bond acceptors (Lipinski definition) is 6. The Balaban J connectivity index is 5.52. The van der Waals surface area contributed by atoms with Gasteiger partial charge in [0.1, 0.15) is 5.22 Å². The fourth-order valence-electron chi connectivity index (χ4n) is 2.31. The molecule has 0 bridgehead atoms. The SMILES string of the molecule is CCC(C)(OC(=O)C=CC(=O)OC(F)C(F)(F)C(F)(F)C(F)C(F)F)[SiH](O[Si](C)(C)C)O[Si](C)(C)C. The Hall–Kier alpha value is -1.31. The van der Waals surface area contributed by atoms with Gasteiger partial charge in [-0.25, -0.2) is 22.8 Å². The molecule has 0 aromatic rings. The first-order valence-electron chi connectivity index (χ1n) is 10.7. The lowest BCUT2D eigenvalue weighted by Crippen LogP contribution is -2.57. The Bertz CT molecular complexity index is 772. The molecule has 0 aliphatic rings. The van der Waals surface area contributed by atoms with Crippen molar-refractivity contribution in [3.8, 4) is 0 Å². The van der Waals surface area contributed by atoms with Gasteiger partial charge in [0.2, 0.25) is 6.17 Å². The predicted molar refractivity (Wildman–Crippen MR) is 122 cm³/mol. The van der Waals surface area contributed by atoms with E-state index in [-0.39, 0.29) is 12.5 Å². The van der Waals surface area contributed by atoms with E-state index in [9.17, 15) is 44.7 Å². The van der Waals surface area contributed by atoms with Crippen LogP contribution in [0.15, 0.2) is 12.2 Å². The van der Waals surface area contributed by atoms with Crippen LogP contribution in [-0.4, -0.2) is 73.9 Å². The van der Waals surface area contributed by atoms with Crippen LogP contribution in [0.3, 0.4) is 0 Å². The molecule has 0 saturated carbocycles. The van der Waals surface area contributed by atoms with Crippen molar-refractivity contribution in [2.45, 2.75) is 95.6 Å². The summed E-state index contributed by atoms with van der Waals surface area (Å²) in [6.07, 6.45) is -13.1. The van der Waals surface area contributed by atoms with Crippen molar-refractivity contribution >= 4 is 37.9 Å². The highest BCUT2D eigenvalue weighted by Crippen LogP contribution is 2.44. The smallest absolute Gasteiger partial charge is 0.378 e. The molecular formula is C19H32F8O6Si3. The average Bonchev–Trinajstić information content (AvgIpc) is 2.68. The van der Waals surface area contributed by atoms with Crippen molar-refractivity contribution in [1.82, 2.24) is 0 Å². The second-order valence-electron chi connectivity index (χ2n) is 9.95. The zero-order chi connectivity index (χ0) is 28.9. The van der Waals surface area contributed by atoms with E-state index in [0.717, 1.165) is 0 Å². The summed E-state index contributed by atoms with van der Waals surface area (Å²) in [5.41, 5.74) is 0. The van der Waals surface area contributed by atoms with E-state index in [0.29, 0.717) is 6.08 Å². The van der Waals surface area contributed by atoms with Crippen LogP contribution in [0.4, 0.5) is 35.1 Å². The molecule has 0 rings (SSSR count). The maximum absolute atomic E-state index is 13.6. The van der Waals surface area contributed by atoms with Crippen LogP contribution in [0.25, 0.3) is 0 Å². The molecule has 0 spiro atoms. The van der Waals surface area contributed by atoms with Gasteiger partial charge in [-0.15, -0.1) is 0 Å². The number of carbonyl (C=O) groups is 2. The molecule has 0 fully saturated rings. The van der Waals surface area contributed by atoms with Gasteiger partial charge in [-0.1, -0.05) is 6.92 Å². The summed E-state index contributed by atoms with van der Waals surface area (Å²) in [4.78, 5) is 23.9. The van der Waals surface area contributed by atoms with Crippen LogP contribution in [0, 0.1) is 0 Å². The maximum Gasteiger partial charge on any atom is 0.378 e. The second kappa shape index (κ2) is 12.5. The molecule has 36 heavy (non-hydrogen) atoms. The highest BCUT2D eigenvalue weighted by Gasteiger charge is 2.70. The van der Waals surface area contributed by atoms with Crippen LogP contribution < -0.4 is 0 Å². The fraction of sp³-hybridized carbons (Fsp3) is 0.789. The van der Waals surface area contributed by atoms with E-state index in [4.69, 9.17) is 13.0 Å². The lowest BCUT2D eigenvalue weighted by Gasteiger charge is -2.40. The number of esters is 2. The van der Waals surface area contributed by atoms with E-state index in [1.54, 1.807) is 13.8 Å². The molecule has 0 amide bonds. The third-order valence-electron chi connectivity index (χ3n) is 4.33. The molecule has 0 radical (unpaired) electrons. The topological polar surface area (TPSA) is 71.1 Å². The first-order chi connectivity index (χ1) is 15.9. The summed E-state index contributed by atoms with van der Waals surface area (Å²) < 4.78 is 125. The summed E-state index contributed by atoms with van der Waals surface area (Å²) in [5.74, 6) is -15.6. The van der Waals surface area contributed by atoms with Crippen LogP contribution in [-0.2, 0) is 27.3 Å². The minimum absolute atomic E-state index is 0.106. The third kappa shape index (κ3) is 10.2. The molecule has 0 aromatic carbocycles. The van der Waals surface area contributed by atoms with Gasteiger partial charge in [0.25, 0.3) is 6.43 Å². The molecular weight excluding hydrogens is 560 g/mol. The Morgan fingerprint density at radius 2 is 1.25 bits per heavy atom.